The van der Waals surface area contributed by atoms with E-state index in [1.807, 2.05) is 0 Å². The van der Waals surface area contributed by atoms with E-state index in [0.717, 1.165) is 19.6 Å². The number of nitrogens with one attached hydrogen (secondary N) is 1. The van der Waals surface area contributed by atoms with E-state index in [9.17, 15) is 9.90 Å². The Hall–Kier alpha value is -1.59. The summed E-state index contributed by atoms with van der Waals surface area (Å²) in [5.41, 5.74) is 0.705. The van der Waals surface area contributed by atoms with Crippen molar-refractivity contribution in [2.45, 2.75) is 19.9 Å². The number of aliphatic carboxylic acids is 1. The van der Waals surface area contributed by atoms with Crippen molar-refractivity contribution in [3.05, 3.63) is 29.8 Å². The number of likely N-dealkylation sites (N-methyl/N-ethyl adjacent to an activating group) is 1. The summed E-state index contributed by atoms with van der Waals surface area (Å²) in [6.07, 6.45) is 0. The third-order valence-electron chi connectivity index (χ3n) is 3.34. The van der Waals surface area contributed by atoms with Crippen molar-refractivity contribution in [1.29, 1.82) is 0 Å². The van der Waals surface area contributed by atoms with Crippen LogP contribution in [-0.2, 0) is 4.79 Å². The molecule has 1 unspecified atom stereocenters. The number of nitrogens with zero attached hydrogens (tertiary/aromatic N) is 1. The maximum absolute atomic E-state index is 11.4. The summed E-state index contributed by atoms with van der Waals surface area (Å²) in [5.74, 6) is -0.211. The second kappa shape index (κ2) is 8.55. The number of carbonyl (C=O) groups is 1. The molecule has 0 saturated heterocycles. The predicted octanol–water partition coefficient (Wildman–Crippen LogP) is 1.75. The Bertz CT molecular complexity index is 419. The first-order valence-electron chi connectivity index (χ1n) is 6.94. The highest BCUT2D eigenvalue weighted by atomic mass is 16.5. The summed E-state index contributed by atoms with van der Waals surface area (Å²) in [4.78, 5) is 13.6. The van der Waals surface area contributed by atoms with Gasteiger partial charge in [-0.3, -0.25) is 10.1 Å². The van der Waals surface area contributed by atoms with Crippen LogP contribution in [0.2, 0.25) is 0 Å². The van der Waals surface area contributed by atoms with E-state index in [1.165, 1.54) is 0 Å². The van der Waals surface area contributed by atoms with Gasteiger partial charge in [0.1, 0.15) is 11.8 Å². The second-order valence-corrected chi connectivity index (χ2v) is 4.53. The minimum Gasteiger partial charge on any atom is -0.497 e. The summed E-state index contributed by atoms with van der Waals surface area (Å²) in [7, 11) is 1.57. The van der Waals surface area contributed by atoms with E-state index in [1.54, 1.807) is 31.4 Å². The number of hydrogen-bond acceptors (Lipinski definition) is 4. The lowest BCUT2D eigenvalue weighted by atomic mass is 10.1. The Morgan fingerprint density at radius 1 is 1.40 bits per heavy atom. The van der Waals surface area contributed by atoms with Crippen molar-refractivity contribution in [2.24, 2.45) is 0 Å². The van der Waals surface area contributed by atoms with E-state index in [-0.39, 0.29) is 0 Å². The van der Waals surface area contributed by atoms with Crippen LogP contribution in [0.15, 0.2) is 24.3 Å². The van der Waals surface area contributed by atoms with Crippen molar-refractivity contribution >= 4 is 5.97 Å². The highest BCUT2D eigenvalue weighted by Crippen LogP contribution is 2.19. The summed E-state index contributed by atoms with van der Waals surface area (Å²) in [6.45, 7) is 7.60. The van der Waals surface area contributed by atoms with Crippen LogP contribution in [0, 0.1) is 0 Å². The monoisotopic (exact) mass is 280 g/mol. The zero-order valence-corrected chi connectivity index (χ0v) is 12.4. The van der Waals surface area contributed by atoms with Crippen LogP contribution in [0.3, 0.4) is 0 Å². The number of ether oxygens (including phenoxy) is 1. The number of hydrogen-bond donors (Lipinski definition) is 2. The van der Waals surface area contributed by atoms with Crippen molar-refractivity contribution in [2.75, 3.05) is 33.3 Å². The average Bonchev–Trinajstić information content (AvgIpc) is 2.47. The zero-order chi connectivity index (χ0) is 15.0. The van der Waals surface area contributed by atoms with Crippen LogP contribution in [-0.4, -0.2) is 49.3 Å². The Kier molecular flexibility index (Phi) is 7.04. The first-order chi connectivity index (χ1) is 9.62. The molecular weight excluding hydrogens is 256 g/mol. The standard InChI is InChI=1S/C15H24N2O3/c1-4-17(5-2)10-9-16-14(15(18)19)12-7-6-8-13(11-12)20-3/h6-8,11,14,16H,4-5,9-10H2,1-3H3,(H,18,19). The van der Waals surface area contributed by atoms with Crippen LogP contribution >= 0.6 is 0 Å². The van der Waals surface area contributed by atoms with Gasteiger partial charge in [-0.05, 0) is 30.8 Å². The van der Waals surface area contributed by atoms with Crippen LogP contribution in [0.5, 0.6) is 5.75 Å². The molecule has 1 aromatic carbocycles. The van der Waals surface area contributed by atoms with Crippen molar-refractivity contribution in [3.63, 3.8) is 0 Å². The van der Waals surface area contributed by atoms with Crippen LogP contribution in [0.1, 0.15) is 25.5 Å². The third kappa shape index (κ3) is 4.83. The SMILES string of the molecule is CCN(CC)CCNC(C(=O)O)c1cccc(OC)c1. The first-order valence-corrected chi connectivity index (χ1v) is 6.94. The summed E-state index contributed by atoms with van der Waals surface area (Å²) in [5, 5.41) is 12.4. The van der Waals surface area contributed by atoms with Gasteiger partial charge in [-0.2, -0.15) is 0 Å². The minimum atomic E-state index is -0.877. The molecule has 5 heteroatoms. The Morgan fingerprint density at radius 3 is 2.65 bits per heavy atom. The first kappa shape index (κ1) is 16.5. The Labute approximate surface area is 120 Å². The molecule has 0 spiro atoms. The van der Waals surface area contributed by atoms with Crippen molar-refractivity contribution in [1.82, 2.24) is 10.2 Å². The largest absolute Gasteiger partial charge is 0.497 e. The molecule has 0 fully saturated rings. The molecule has 5 nitrogen and oxygen atoms in total. The molecule has 0 aliphatic heterocycles. The van der Waals surface area contributed by atoms with Gasteiger partial charge in [0, 0.05) is 13.1 Å². The number of rotatable bonds is 9. The van der Waals surface area contributed by atoms with Gasteiger partial charge in [-0.1, -0.05) is 26.0 Å². The average molecular weight is 280 g/mol. The van der Waals surface area contributed by atoms with Gasteiger partial charge in [0.15, 0.2) is 0 Å². The molecule has 1 atom stereocenters. The molecule has 0 aliphatic rings. The van der Waals surface area contributed by atoms with E-state index in [0.29, 0.717) is 17.9 Å². The van der Waals surface area contributed by atoms with Gasteiger partial charge in [0.05, 0.1) is 7.11 Å². The molecule has 0 aliphatic carbocycles. The number of carboxylic acids is 1. The summed E-state index contributed by atoms with van der Waals surface area (Å²) < 4.78 is 5.13. The van der Waals surface area contributed by atoms with E-state index in [2.05, 4.69) is 24.1 Å². The molecule has 1 aromatic rings. The fourth-order valence-electron chi connectivity index (χ4n) is 2.08. The van der Waals surface area contributed by atoms with Crippen LogP contribution in [0.4, 0.5) is 0 Å². The lowest BCUT2D eigenvalue weighted by Gasteiger charge is -2.21. The fraction of sp³-hybridized carbons (Fsp3) is 0.533. The van der Waals surface area contributed by atoms with Crippen molar-refractivity contribution in [3.8, 4) is 5.75 Å². The van der Waals surface area contributed by atoms with Crippen LogP contribution < -0.4 is 10.1 Å². The van der Waals surface area contributed by atoms with Gasteiger partial charge < -0.3 is 14.7 Å². The Balaban J connectivity index is 2.67. The molecule has 0 radical (unpaired) electrons. The van der Waals surface area contributed by atoms with E-state index in [4.69, 9.17) is 4.74 Å². The third-order valence-corrected chi connectivity index (χ3v) is 3.34. The maximum atomic E-state index is 11.4. The molecule has 0 aromatic heterocycles. The van der Waals surface area contributed by atoms with E-state index >= 15 is 0 Å². The number of methoxy groups -OCH3 is 1. The summed E-state index contributed by atoms with van der Waals surface area (Å²) in [6, 6.07) is 6.45. The molecule has 20 heavy (non-hydrogen) atoms. The van der Waals surface area contributed by atoms with Gasteiger partial charge >= 0.3 is 5.97 Å². The van der Waals surface area contributed by atoms with Gasteiger partial charge in [-0.15, -0.1) is 0 Å². The minimum absolute atomic E-state index is 0.635. The molecule has 112 valence electrons. The molecular formula is C15H24N2O3. The number of carboxylic acid groups (broad SMARTS) is 1. The van der Waals surface area contributed by atoms with Gasteiger partial charge in [-0.25, -0.2) is 0 Å². The van der Waals surface area contributed by atoms with Crippen LogP contribution in [0.25, 0.3) is 0 Å². The molecule has 2 N–H and O–H groups in total. The molecule has 0 saturated carbocycles. The smallest absolute Gasteiger partial charge is 0.325 e. The molecule has 0 bridgehead atoms. The second-order valence-electron chi connectivity index (χ2n) is 4.53. The zero-order valence-electron chi connectivity index (χ0n) is 12.4. The molecule has 0 amide bonds. The lowest BCUT2D eigenvalue weighted by molar-refractivity contribution is -0.139. The highest BCUT2D eigenvalue weighted by molar-refractivity contribution is 5.75. The molecule has 1 rings (SSSR count). The normalized spacial score (nSPS) is 12.4. The van der Waals surface area contributed by atoms with E-state index < -0.39 is 12.0 Å². The van der Waals surface area contributed by atoms with Gasteiger partial charge in [0.25, 0.3) is 0 Å². The fourth-order valence-corrected chi connectivity index (χ4v) is 2.08. The lowest BCUT2D eigenvalue weighted by Crippen LogP contribution is -2.36. The van der Waals surface area contributed by atoms with Crippen molar-refractivity contribution < 1.29 is 14.6 Å². The topological polar surface area (TPSA) is 61.8 Å². The maximum Gasteiger partial charge on any atom is 0.325 e. The predicted molar refractivity (Wildman–Crippen MR) is 79.2 cm³/mol. The highest BCUT2D eigenvalue weighted by Gasteiger charge is 2.19. The summed E-state index contributed by atoms with van der Waals surface area (Å²) >= 11 is 0. The number of benzene rings is 1. The quantitative estimate of drug-likeness (QED) is 0.721. The molecule has 0 heterocycles. The Morgan fingerprint density at radius 2 is 2.10 bits per heavy atom. The van der Waals surface area contributed by atoms with Gasteiger partial charge in [0.2, 0.25) is 0 Å².